The molecule has 0 saturated heterocycles. The van der Waals surface area contributed by atoms with Crippen molar-refractivity contribution < 1.29 is 19.0 Å². The average molecular weight is 359 g/mol. The molecule has 0 bridgehead atoms. The van der Waals surface area contributed by atoms with E-state index in [-0.39, 0.29) is 5.41 Å². The van der Waals surface area contributed by atoms with Crippen LogP contribution in [0.2, 0.25) is 0 Å². The molecule has 4 nitrogen and oxygen atoms in total. The first-order valence-electron chi connectivity index (χ1n) is 6.78. The third-order valence-corrected chi connectivity index (χ3v) is 4.23. The van der Waals surface area contributed by atoms with E-state index < -0.39 is 5.97 Å². The highest BCUT2D eigenvalue weighted by Crippen LogP contribution is 2.30. The fourth-order valence-corrected chi connectivity index (χ4v) is 2.90. The van der Waals surface area contributed by atoms with Crippen molar-refractivity contribution in [1.29, 1.82) is 0 Å². The summed E-state index contributed by atoms with van der Waals surface area (Å²) in [5.74, 6) is 1.02. The summed E-state index contributed by atoms with van der Waals surface area (Å²) in [6.07, 6.45) is 0. The van der Waals surface area contributed by atoms with Crippen molar-refractivity contribution >= 4 is 21.9 Å². The van der Waals surface area contributed by atoms with Crippen molar-refractivity contribution in [3.63, 3.8) is 0 Å². The molecular formula is C16H23BrO4. The molecule has 0 N–H and O–H groups in total. The predicted molar refractivity (Wildman–Crippen MR) is 86.6 cm³/mol. The Bertz CT molecular complexity index is 480. The number of carbonyl (C=O) groups excluding carboxylic acids is 1. The number of benzene rings is 1. The van der Waals surface area contributed by atoms with Gasteiger partial charge in [-0.3, -0.25) is 0 Å². The highest BCUT2D eigenvalue weighted by Gasteiger charge is 2.25. The van der Waals surface area contributed by atoms with Crippen LogP contribution in [0.4, 0.5) is 0 Å². The molecule has 21 heavy (non-hydrogen) atoms. The van der Waals surface area contributed by atoms with E-state index in [2.05, 4.69) is 36.7 Å². The lowest BCUT2D eigenvalue weighted by Crippen LogP contribution is -2.28. The highest BCUT2D eigenvalue weighted by atomic mass is 79.9. The molecule has 0 aliphatic rings. The van der Waals surface area contributed by atoms with Crippen LogP contribution in [0.3, 0.4) is 0 Å². The number of hydrogen-bond donors (Lipinski definition) is 0. The minimum Gasteiger partial charge on any atom is -0.497 e. The molecule has 1 atom stereocenters. The second-order valence-corrected chi connectivity index (χ2v) is 6.53. The molecule has 0 radical (unpaired) electrons. The van der Waals surface area contributed by atoms with Gasteiger partial charge in [0.2, 0.25) is 0 Å². The molecular weight excluding hydrogens is 336 g/mol. The zero-order valence-electron chi connectivity index (χ0n) is 13.2. The molecule has 0 spiro atoms. The first-order valence-corrected chi connectivity index (χ1v) is 7.90. The summed E-state index contributed by atoms with van der Waals surface area (Å²) in [5.41, 5.74) is 0.508. The Hall–Kier alpha value is -1.23. The van der Waals surface area contributed by atoms with Gasteiger partial charge in [0, 0.05) is 17.3 Å². The molecule has 1 aromatic rings. The molecule has 1 rings (SSSR count). The smallest absolute Gasteiger partial charge is 0.341 e. The Labute approximate surface area is 134 Å². The Morgan fingerprint density at radius 2 is 1.95 bits per heavy atom. The maximum Gasteiger partial charge on any atom is 0.341 e. The van der Waals surface area contributed by atoms with Gasteiger partial charge >= 0.3 is 5.97 Å². The van der Waals surface area contributed by atoms with Gasteiger partial charge in [0.05, 0.1) is 20.8 Å². The largest absolute Gasteiger partial charge is 0.497 e. The van der Waals surface area contributed by atoms with E-state index in [0.717, 1.165) is 5.33 Å². The number of ether oxygens (including phenoxy) is 3. The third kappa shape index (κ3) is 4.92. The number of halogens is 1. The second-order valence-electron chi connectivity index (χ2n) is 5.88. The van der Waals surface area contributed by atoms with Crippen LogP contribution in [0.15, 0.2) is 18.2 Å². The fraction of sp³-hybridized carbons (Fsp3) is 0.562. The lowest BCUT2D eigenvalue weighted by molar-refractivity contribution is 0.0594. The van der Waals surface area contributed by atoms with E-state index in [1.54, 1.807) is 25.3 Å². The number of esters is 1. The van der Waals surface area contributed by atoms with Crippen molar-refractivity contribution in [3.8, 4) is 11.5 Å². The van der Waals surface area contributed by atoms with Gasteiger partial charge in [-0.05, 0) is 17.5 Å². The minimum atomic E-state index is -0.418. The van der Waals surface area contributed by atoms with Crippen molar-refractivity contribution in [2.24, 2.45) is 11.3 Å². The summed E-state index contributed by atoms with van der Waals surface area (Å²) in [6, 6.07) is 5.07. The molecule has 0 fully saturated rings. The molecule has 0 saturated carbocycles. The van der Waals surface area contributed by atoms with Crippen LogP contribution in [-0.2, 0) is 4.74 Å². The van der Waals surface area contributed by atoms with Gasteiger partial charge in [0.15, 0.2) is 0 Å². The molecule has 118 valence electrons. The number of methoxy groups -OCH3 is 2. The second kappa shape index (κ2) is 7.69. The first-order chi connectivity index (χ1) is 9.83. The normalized spacial score (nSPS) is 12.7. The van der Waals surface area contributed by atoms with Gasteiger partial charge in [-0.2, -0.15) is 0 Å². The summed E-state index contributed by atoms with van der Waals surface area (Å²) >= 11 is 3.52. The van der Waals surface area contributed by atoms with Gasteiger partial charge in [0.1, 0.15) is 17.1 Å². The Balaban J connectivity index is 2.97. The molecule has 0 heterocycles. The van der Waals surface area contributed by atoms with Gasteiger partial charge in [0.25, 0.3) is 0 Å². The van der Waals surface area contributed by atoms with Crippen molar-refractivity contribution in [3.05, 3.63) is 23.8 Å². The number of hydrogen-bond acceptors (Lipinski definition) is 4. The van der Waals surface area contributed by atoms with Crippen LogP contribution in [0.25, 0.3) is 0 Å². The molecule has 1 aromatic carbocycles. The topological polar surface area (TPSA) is 44.8 Å². The van der Waals surface area contributed by atoms with E-state index in [4.69, 9.17) is 14.2 Å². The van der Waals surface area contributed by atoms with Crippen molar-refractivity contribution in [1.82, 2.24) is 0 Å². The van der Waals surface area contributed by atoms with Crippen molar-refractivity contribution in [2.75, 3.05) is 26.2 Å². The van der Waals surface area contributed by atoms with Crippen LogP contribution in [-0.4, -0.2) is 32.1 Å². The van der Waals surface area contributed by atoms with E-state index >= 15 is 0 Å². The summed E-state index contributed by atoms with van der Waals surface area (Å²) in [4.78, 5) is 11.8. The van der Waals surface area contributed by atoms with Gasteiger partial charge < -0.3 is 14.2 Å². The number of carbonyl (C=O) groups is 1. The van der Waals surface area contributed by atoms with Crippen LogP contribution >= 0.6 is 15.9 Å². The molecule has 0 aromatic heterocycles. The third-order valence-electron chi connectivity index (χ3n) is 3.45. The maximum absolute atomic E-state index is 11.8. The quantitative estimate of drug-likeness (QED) is 0.571. The fourth-order valence-electron chi connectivity index (χ4n) is 1.74. The first kappa shape index (κ1) is 17.8. The highest BCUT2D eigenvalue weighted by molar-refractivity contribution is 9.09. The zero-order valence-corrected chi connectivity index (χ0v) is 14.8. The standard InChI is InChI=1S/C16H23BrO4/c1-16(2,3)11(9-17)10-21-14-8-12(19-4)6-7-13(14)15(18)20-5/h6-8,11H,9-10H2,1-5H3. The lowest BCUT2D eigenvalue weighted by atomic mass is 9.83. The van der Waals surface area contributed by atoms with Crippen LogP contribution in [0, 0.1) is 11.3 Å². The van der Waals surface area contributed by atoms with Crippen LogP contribution < -0.4 is 9.47 Å². The van der Waals surface area contributed by atoms with Gasteiger partial charge in [-0.25, -0.2) is 4.79 Å². The van der Waals surface area contributed by atoms with Crippen LogP contribution in [0.1, 0.15) is 31.1 Å². The van der Waals surface area contributed by atoms with Gasteiger partial charge in [-0.1, -0.05) is 36.7 Å². The van der Waals surface area contributed by atoms with Crippen molar-refractivity contribution in [2.45, 2.75) is 20.8 Å². The molecule has 0 amide bonds. The maximum atomic E-state index is 11.8. The SMILES string of the molecule is COC(=O)c1ccc(OC)cc1OCC(CBr)C(C)(C)C. The molecule has 5 heteroatoms. The molecule has 1 unspecified atom stereocenters. The van der Waals surface area contributed by atoms with E-state index in [1.165, 1.54) is 7.11 Å². The minimum absolute atomic E-state index is 0.105. The van der Waals surface area contributed by atoms with E-state index in [1.807, 2.05) is 0 Å². The summed E-state index contributed by atoms with van der Waals surface area (Å²) < 4.78 is 15.8. The average Bonchev–Trinajstić information content (AvgIpc) is 2.45. The molecule has 0 aliphatic heterocycles. The Kier molecular flexibility index (Phi) is 6.52. The summed E-state index contributed by atoms with van der Waals surface area (Å²) in [5, 5.41) is 0.827. The summed E-state index contributed by atoms with van der Waals surface area (Å²) in [6.45, 7) is 6.99. The molecule has 0 aliphatic carbocycles. The van der Waals surface area contributed by atoms with E-state index in [0.29, 0.717) is 29.6 Å². The van der Waals surface area contributed by atoms with Gasteiger partial charge in [-0.15, -0.1) is 0 Å². The lowest BCUT2D eigenvalue weighted by Gasteiger charge is -2.29. The number of rotatable bonds is 6. The van der Waals surface area contributed by atoms with Crippen LogP contribution in [0.5, 0.6) is 11.5 Å². The monoisotopic (exact) mass is 358 g/mol. The number of alkyl halides is 1. The Morgan fingerprint density at radius 3 is 2.43 bits per heavy atom. The predicted octanol–water partition coefficient (Wildman–Crippen LogP) is 3.92. The summed E-state index contributed by atoms with van der Waals surface area (Å²) in [7, 11) is 2.93. The Morgan fingerprint density at radius 1 is 1.29 bits per heavy atom. The van der Waals surface area contributed by atoms with E-state index in [9.17, 15) is 4.79 Å². The zero-order chi connectivity index (χ0) is 16.0.